The van der Waals surface area contributed by atoms with E-state index in [1.807, 2.05) is 0 Å². The molecular formula is C16H28N4. The van der Waals surface area contributed by atoms with E-state index in [0.29, 0.717) is 17.8 Å². The number of nitrogens with two attached hydrogens (primary N) is 1. The van der Waals surface area contributed by atoms with E-state index in [4.69, 9.17) is 15.7 Å². The van der Waals surface area contributed by atoms with Crippen molar-refractivity contribution in [3.63, 3.8) is 0 Å². The molecule has 0 radical (unpaired) electrons. The highest BCUT2D eigenvalue weighted by atomic mass is 15.2. The summed E-state index contributed by atoms with van der Waals surface area (Å²) >= 11 is 0. The summed E-state index contributed by atoms with van der Waals surface area (Å²) in [6.45, 7) is 11.6. The number of piperidine rings is 1. The van der Waals surface area contributed by atoms with E-state index >= 15 is 0 Å². The van der Waals surface area contributed by atoms with E-state index in [9.17, 15) is 0 Å². The second-order valence-corrected chi connectivity index (χ2v) is 6.48. The van der Waals surface area contributed by atoms with Gasteiger partial charge in [0.1, 0.15) is 11.6 Å². The largest absolute Gasteiger partial charge is 0.356 e. The molecule has 1 aliphatic heterocycles. The van der Waals surface area contributed by atoms with Crippen molar-refractivity contribution in [1.82, 2.24) is 9.97 Å². The molecule has 0 spiro atoms. The number of nitrogens with zero attached hydrogens (tertiary/aromatic N) is 3. The van der Waals surface area contributed by atoms with E-state index in [-0.39, 0.29) is 0 Å². The average molecular weight is 276 g/mol. The molecule has 20 heavy (non-hydrogen) atoms. The molecule has 2 rings (SSSR count). The van der Waals surface area contributed by atoms with Gasteiger partial charge in [-0.05, 0) is 31.2 Å². The Kier molecular flexibility index (Phi) is 4.97. The summed E-state index contributed by atoms with van der Waals surface area (Å²) in [5, 5.41) is 0. The maximum Gasteiger partial charge on any atom is 0.133 e. The third-order valence-corrected chi connectivity index (χ3v) is 4.13. The Labute approximate surface area is 122 Å². The Morgan fingerprint density at radius 2 is 1.80 bits per heavy atom. The van der Waals surface area contributed by atoms with Gasteiger partial charge in [-0.3, -0.25) is 0 Å². The van der Waals surface area contributed by atoms with Crippen LogP contribution in [0.25, 0.3) is 0 Å². The molecule has 0 amide bonds. The molecule has 4 heteroatoms. The van der Waals surface area contributed by atoms with Crippen LogP contribution in [0.4, 0.5) is 5.82 Å². The van der Waals surface area contributed by atoms with Crippen LogP contribution in [0.3, 0.4) is 0 Å². The number of hydrogen-bond acceptors (Lipinski definition) is 4. The predicted octanol–water partition coefficient (Wildman–Crippen LogP) is 2.90. The van der Waals surface area contributed by atoms with Gasteiger partial charge in [0.2, 0.25) is 0 Å². The van der Waals surface area contributed by atoms with Crippen molar-refractivity contribution < 1.29 is 0 Å². The van der Waals surface area contributed by atoms with Gasteiger partial charge in [0.15, 0.2) is 0 Å². The molecule has 1 fully saturated rings. The zero-order chi connectivity index (χ0) is 14.7. The first kappa shape index (κ1) is 15.2. The summed E-state index contributed by atoms with van der Waals surface area (Å²) in [4.78, 5) is 11.9. The molecule has 112 valence electrons. The van der Waals surface area contributed by atoms with Crippen LogP contribution in [0.2, 0.25) is 0 Å². The lowest BCUT2D eigenvalue weighted by molar-refractivity contribution is 0.412. The second kappa shape index (κ2) is 6.53. The summed E-state index contributed by atoms with van der Waals surface area (Å²) in [5.74, 6) is 3.56. The predicted molar refractivity (Wildman–Crippen MR) is 84.2 cm³/mol. The van der Waals surface area contributed by atoms with E-state index in [2.05, 4.69) is 38.7 Å². The third kappa shape index (κ3) is 3.48. The van der Waals surface area contributed by atoms with Crippen molar-refractivity contribution in [2.75, 3.05) is 24.5 Å². The van der Waals surface area contributed by atoms with Gasteiger partial charge in [0, 0.05) is 30.8 Å². The lowest BCUT2D eigenvalue weighted by Gasteiger charge is -2.32. The number of anilines is 1. The van der Waals surface area contributed by atoms with Crippen molar-refractivity contribution in [1.29, 1.82) is 0 Å². The standard InChI is InChI=1S/C16H28N4/c1-11(2)14-9-15(19-16(18-14)12(3)4)20-7-5-13(10-17)6-8-20/h9,11-13H,5-8,10,17H2,1-4H3. The Balaban J connectivity index is 2.22. The Morgan fingerprint density at radius 1 is 1.15 bits per heavy atom. The maximum atomic E-state index is 5.77. The number of rotatable bonds is 4. The fourth-order valence-corrected chi connectivity index (χ4v) is 2.59. The van der Waals surface area contributed by atoms with E-state index in [1.54, 1.807) is 0 Å². The monoisotopic (exact) mass is 276 g/mol. The smallest absolute Gasteiger partial charge is 0.133 e. The third-order valence-electron chi connectivity index (χ3n) is 4.13. The Morgan fingerprint density at radius 3 is 2.30 bits per heavy atom. The lowest BCUT2D eigenvalue weighted by Crippen LogP contribution is -2.36. The molecule has 4 nitrogen and oxygen atoms in total. The maximum absolute atomic E-state index is 5.77. The molecule has 0 bridgehead atoms. The SMILES string of the molecule is CC(C)c1cc(N2CCC(CN)CC2)nc(C(C)C)n1. The summed E-state index contributed by atoms with van der Waals surface area (Å²) in [6.07, 6.45) is 2.35. The molecule has 2 heterocycles. The molecule has 0 saturated carbocycles. The highest BCUT2D eigenvalue weighted by Gasteiger charge is 2.21. The van der Waals surface area contributed by atoms with Gasteiger partial charge in [0.05, 0.1) is 0 Å². The van der Waals surface area contributed by atoms with Gasteiger partial charge in [0.25, 0.3) is 0 Å². The van der Waals surface area contributed by atoms with Crippen molar-refractivity contribution in [2.45, 2.75) is 52.4 Å². The van der Waals surface area contributed by atoms with Crippen LogP contribution in [0, 0.1) is 5.92 Å². The Bertz CT molecular complexity index is 408. The van der Waals surface area contributed by atoms with Crippen LogP contribution in [0.15, 0.2) is 6.07 Å². The summed E-state index contributed by atoms with van der Waals surface area (Å²) in [6, 6.07) is 2.17. The Hall–Kier alpha value is -1.16. The van der Waals surface area contributed by atoms with E-state index in [0.717, 1.165) is 37.0 Å². The van der Waals surface area contributed by atoms with Crippen molar-refractivity contribution in [3.8, 4) is 0 Å². The average Bonchev–Trinajstić information content (AvgIpc) is 2.46. The summed E-state index contributed by atoms with van der Waals surface area (Å²) in [5.41, 5.74) is 6.92. The molecule has 0 aromatic carbocycles. The van der Waals surface area contributed by atoms with Gasteiger partial charge in [-0.25, -0.2) is 9.97 Å². The molecule has 1 aromatic heterocycles. The normalized spacial score (nSPS) is 17.2. The zero-order valence-electron chi connectivity index (χ0n) is 13.3. The summed E-state index contributed by atoms with van der Waals surface area (Å²) < 4.78 is 0. The topological polar surface area (TPSA) is 55.0 Å². The van der Waals surface area contributed by atoms with Gasteiger partial charge < -0.3 is 10.6 Å². The van der Waals surface area contributed by atoms with Gasteiger partial charge in [-0.15, -0.1) is 0 Å². The highest BCUT2D eigenvalue weighted by Crippen LogP contribution is 2.25. The highest BCUT2D eigenvalue weighted by molar-refractivity contribution is 5.41. The quantitative estimate of drug-likeness (QED) is 0.918. The van der Waals surface area contributed by atoms with Crippen LogP contribution in [-0.2, 0) is 0 Å². The first-order valence-electron chi connectivity index (χ1n) is 7.85. The molecule has 0 atom stereocenters. The molecule has 0 aliphatic carbocycles. The van der Waals surface area contributed by atoms with Gasteiger partial charge in [-0.1, -0.05) is 27.7 Å². The first-order valence-corrected chi connectivity index (χ1v) is 7.85. The van der Waals surface area contributed by atoms with Crippen molar-refractivity contribution >= 4 is 5.82 Å². The van der Waals surface area contributed by atoms with Crippen LogP contribution < -0.4 is 10.6 Å². The molecule has 1 saturated heterocycles. The molecule has 2 N–H and O–H groups in total. The van der Waals surface area contributed by atoms with Crippen LogP contribution >= 0.6 is 0 Å². The molecular weight excluding hydrogens is 248 g/mol. The first-order chi connectivity index (χ1) is 9.51. The van der Waals surface area contributed by atoms with Crippen molar-refractivity contribution in [2.24, 2.45) is 11.7 Å². The number of hydrogen-bond donors (Lipinski definition) is 1. The minimum absolute atomic E-state index is 0.369. The fraction of sp³-hybridized carbons (Fsp3) is 0.750. The van der Waals surface area contributed by atoms with Crippen molar-refractivity contribution in [3.05, 3.63) is 17.6 Å². The molecule has 1 aliphatic rings. The minimum Gasteiger partial charge on any atom is -0.356 e. The lowest BCUT2D eigenvalue weighted by atomic mass is 9.97. The van der Waals surface area contributed by atoms with Gasteiger partial charge in [-0.2, -0.15) is 0 Å². The van der Waals surface area contributed by atoms with Crippen LogP contribution in [0.5, 0.6) is 0 Å². The van der Waals surface area contributed by atoms with Crippen LogP contribution in [-0.4, -0.2) is 29.6 Å². The molecule has 1 aromatic rings. The fourth-order valence-electron chi connectivity index (χ4n) is 2.59. The summed E-state index contributed by atoms with van der Waals surface area (Å²) in [7, 11) is 0. The second-order valence-electron chi connectivity index (χ2n) is 6.48. The van der Waals surface area contributed by atoms with Gasteiger partial charge >= 0.3 is 0 Å². The van der Waals surface area contributed by atoms with E-state index < -0.39 is 0 Å². The zero-order valence-corrected chi connectivity index (χ0v) is 13.3. The van der Waals surface area contributed by atoms with E-state index in [1.165, 1.54) is 12.8 Å². The number of aromatic nitrogens is 2. The minimum atomic E-state index is 0.369. The van der Waals surface area contributed by atoms with Crippen LogP contribution in [0.1, 0.15) is 63.9 Å². The molecule has 0 unspecified atom stereocenters.